The van der Waals surface area contributed by atoms with E-state index in [2.05, 4.69) is 15.3 Å². The summed E-state index contributed by atoms with van der Waals surface area (Å²) in [6.07, 6.45) is 1.26. The molecule has 96 valence electrons. The van der Waals surface area contributed by atoms with Crippen LogP contribution < -0.4 is 10.1 Å². The molecule has 19 heavy (non-hydrogen) atoms. The molecule has 1 aliphatic heterocycles. The van der Waals surface area contributed by atoms with Crippen LogP contribution in [0.4, 0.5) is 5.69 Å². The number of benzene rings is 1. The van der Waals surface area contributed by atoms with Gasteiger partial charge in [-0.15, -0.1) is 0 Å². The molecule has 1 aromatic carbocycles. The van der Waals surface area contributed by atoms with Crippen LogP contribution in [0.25, 0.3) is 11.3 Å². The minimum atomic E-state index is -0.459. The summed E-state index contributed by atoms with van der Waals surface area (Å²) in [4.78, 5) is 20.0. The monoisotopic (exact) mass is 255 g/mol. The molecule has 1 atom stereocenters. The van der Waals surface area contributed by atoms with Crippen molar-refractivity contribution in [1.82, 2.24) is 9.97 Å². The predicted octanol–water partition coefficient (Wildman–Crippen LogP) is 2.17. The van der Waals surface area contributed by atoms with Crippen molar-refractivity contribution in [2.45, 2.75) is 20.0 Å². The summed E-state index contributed by atoms with van der Waals surface area (Å²) in [5.41, 5.74) is 2.42. The van der Waals surface area contributed by atoms with E-state index in [-0.39, 0.29) is 5.91 Å². The zero-order chi connectivity index (χ0) is 13.4. The summed E-state index contributed by atoms with van der Waals surface area (Å²) >= 11 is 0. The number of amides is 1. The van der Waals surface area contributed by atoms with E-state index in [9.17, 15) is 4.79 Å². The van der Waals surface area contributed by atoms with Crippen molar-refractivity contribution in [2.75, 3.05) is 5.32 Å². The number of rotatable bonds is 1. The Morgan fingerprint density at radius 2 is 2.16 bits per heavy atom. The Balaban J connectivity index is 2.02. The van der Waals surface area contributed by atoms with Gasteiger partial charge < -0.3 is 10.1 Å². The van der Waals surface area contributed by atoms with Gasteiger partial charge >= 0.3 is 0 Å². The summed E-state index contributed by atoms with van der Waals surface area (Å²) in [5.74, 6) is 1.26. The zero-order valence-electron chi connectivity index (χ0n) is 10.7. The van der Waals surface area contributed by atoms with Crippen LogP contribution in [0.3, 0.4) is 0 Å². The van der Waals surface area contributed by atoms with Crippen LogP contribution in [0.15, 0.2) is 30.5 Å². The maximum Gasteiger partial charge on any atom is 0.265 e. The van der Waals surface area contributed by atoms with E-state index in [4.69, 9.17) is 4.74 Å². The van der Waals surface area contributed by atoms with Crippen LogP contribution in [0.5, 0.6) is 5.75 Å². The van der Waals surface area contributed by atoms with Gasteiger partial charge in [-0.05, 0) is 38.1 Å². The molecule has 2 aromatic rings. The zero-order valence-corrected chi connectivity index (χ0v) is 10.7. The molecule has 5 heteroatoms. The van der Waals surface area contributed by atoms with Crippen LogP contribution in [0.1, 0.15) is 12.7 Å². The lowest BCUT2D eigenvalue weighted by atomic mass is 10.1. The number of anilines is 1. The van der Waals surface area contributed by atoms with Crippen LogP contribution in [-0.2, 0) is 4.79 Å². The molecule has 0 aliphatic carbocycles. The fourth-order valence-corrected chi connectivity index (χ4v) is 1.99. The van der Waals surface area contributed by atoms with E-state index in [1.165, 1.54) is 0 Å². The lowest BCUT2D eigenvalue weighted by molar-refractivity contribution is -0.122. The number of nitrogens with one attached hydrogen (secondary N) is 1. The lowest BCUT2D eigenvalue weighted by Crippen LogP contribution is -2.34. The van der Waals surface area contributed by atoms with Crippen molar-refractivity contribution in [3.05, 3.63) is 36.3 Å². The first-order chi connectivity index (χ1) is 9.13. The number of ether oxygens (including phenoxy) is 1. The molecule has 0 saturated carbocycles. The molecular formula is C14H13N3O2. The minimum Gasteiger partial charge on any atom is -0.479 e. The Kier molecular flexibility index (Phi) is 2.67. The van der Waals surface area contributed by atoms with Gasteiger partial charge in [0, 0.05) is 11.8 Å². The quantitative estimate of drug-likeness (QED) is 0.848. The number of fused-ring (bicyclic) bond motifs is 1. The molecule has 5 nitrogen and oxygen atoms in total. The molecule has 2 heterocycles. The first-order valence-electron chi connectivity index (χ1n) is 6.05. The first kappa shape index (κ1) is 11.6. The van der Waals surface area contributed by atoms with Crippen molar-refractivity contribution >= 4 is 11.6 Å². The topological polar surface area (TPSA) is 64.1 Å². The van der Waals surface area contributed by atoms with Crippen LogP contribution in [-0.4, -0.2) is 22.0 Å². The van der Waals surface area contributed by atoms with E-state index >= 15 is 0 Å². The molecule has 3 rings (SSSR count). The predicted molar refractivity (Wildman–Crippen MR) is 70.9 cm³/mol. The summed E-state index contributed by atoms with van der Waals surface area (Å²) < 4.78 is 5.51. The number of aromatic nitrogens is 2. The van der Waals surface area contributed by atoms with E-state index < -0.39 is 6.10 Å². The van der Waals surface area contributed by atoms with Gasteiger partial charge in [-0.25, -0.2) is 9.97 Å². The van der Waals surface area contributed by atoms with E-state index in [1.807, 2.05) is 31.2 Å². The third-order valence-corrected chi connectivity index (χ3v) is 2.98. The van der Waals surface area contributed by atoms with Gasteiger partial charge in [-0.2, -0.15) is 0 Å². The van der Waals surface area contributed by atoms with Crippen LogP contribution in [0.2, 0.25) is 0 Å². The molecule has 1 N–H and O–H groups in total. The van der Waals surface area contributed by atoms with Gasteiger partial charge in [0.2, 0.25) is 0 Å². The summed E-state index contributed by atoms with van der Waals surface area (Å²) in [7, 11) is 0. The molecule has 1 aliphatic rings. The van der Waals surface area contributed by atoms with Crippen molar-refractivity contribution in [2.24, 2.45) is 0 Å². The summed E-state index contributed by atoms with van der Waals surface area (Å²) in [6.45, 7) is 3.56. The fraction of sp³-hybridized carbons (Fsp3) is 0.214. The smallest absolute Gasteiger partial charge is 0.265 e. The highest BCUT2D eigenvalue weighted by Crippen LogP contribution is 2.33. The van der Waals surface area contributed by atoms with Gasteiger partial charge in [-0.1, -0.05) is 0 Å². The van der Waals surface area contributed by atoms with Crippen molar-refractivity contribution in [3.8, 4) is 17.0 Å². The normalized spacial score (nSPS) is 17.4. The van der Waals surface area contributed by atoms with Crippen molar-refractivity contribution < 1.29 is 9.53 Å². The molecular weight excluding hydrogens is 242 g/mol. The Morgan fingerprint density at radius 3 is 2.95 bits per heavy atom. The van der Waals surface area contributed by atoms with Crippen molar-refractivity contribution in [1.29, 1.82) is 0 Å². The third-order valence-electron chi connectivity index (χ3n) is 2.98. The average molecular weight is 255 g/mol. The number of aryl methyl sites for hydroxylation is 1. The maximum absolute atomic E-state index is 11.6. The number of carbonyl (C=O) groups excluding carboxylic acids is 1. The molecule has 1 unspecified atom stereocenters. The number of nitrogens with zero attached hydrogens (tertiary/aromatic N) is 2. The highest BCUT2D eigenvalue weighted by molar-refractivity contribution is 5.98. The summed E-state index contributed by atoms with van der Waals surface area (Å²) in [6, 6.07) is 7.46. The molecule has 1 aromatic heterocycles. The molecule has 0 bridgehead atoms. The van der Waals surface area contributed by atoms with E-state index in [1.54, 1.807) is 13.1 Å². The highest BCUT2D eigenvalue weighted by atomic mass is 16.5. The average Bonchev–Trinajstić information content (AvgIpc) is 2.39. The second-order valence-corrected chi connectivity index (χ2v) is 4.45. The Morgan fingerprint density at radius 1 is 1.32 bits per heavy atom. The van der Waals surface area contributed by atoms with Crippen LogP contribution in [0, 0.1) is 6.92 Å². The second-order valence-electron chi connectivity index (χ2n) is 4.45. The maximum atomic E-state index is 11.6. The Bertz CT molecular complexity index is 655. The van der Waals surface area contributed by atoms with E-state index in [0.29, 0.717) is 17.3 Å². The van der Waals surface area contributed by atoms with E-state index in [0.717, 1.165) is 11.3 Å². The number of hydrogen-bond acceptors (Lipinski definition) is 4. The van der Waals surface area contributed by atoms with Crippen LogP contribution >= 0.6 is 0 Å². The van der Waals surface area contributed by atoms with Gasteiger partial charge in [-0.3, -0.25) is 4.79 Å². The summed E-state index contributed by atoms with van der Waals surface area (Å²) in [5, 5.41) is 2.83. The number of hydrogen-bond donors (Lipinski definition) is 1. The minimum absolute atomic E-state index is 0.136. The standard InChI is InChI=1S/C14H13N3O2/c1-8-14(18)17-12-7-10(3-4-13(12)19-8)11-5-6-15-9(2)16-11/h3-8H,1-2H3,(H,17,18). The van der Waals surface area contributed by atoms with Gasteiger partial charge in [0.05, 0.1) is 11.4 Å². The van der Waals surface area contributed by atoms with Gasteiger partial charge in [0.1, 0.15) is 11.6 Å². The number of carbonyl (C=O) groups is 1. The second kappa shape index (κ2) is 4.35. The lowest BCUT2D eigenvalue weighted by Gasteiger charge is -2.23. The Hall–Kier alpha value is -2.43. The first-order valence-corrected chi connectivity index (χ1v) is 6.05. The molecule has 1 amide bonds. The fourth-order valence-electron chi connectivity index (χ4n) is 1.99. The molecule has 0 saturated heterocycles. The largest absolute Gasteiger partial charge is 0.479 e. The molecule has 0 fully saturated rings. The Labute approximate surface area is 110 Å². The SMILES string of the molecule is Cc1nccc(-c2ccc3c(c2)NC(=O)C(C)O3)n1. The van der Waals surface area contributed by atoms with Gasteiger partial charge in [0.25, 0.3) is 5.91 Å². The highest BCUT2D eigenvalue weighted by Gasteiger charge is 2.23. The molecule has 0 radical (unpaired) electrons. The van der Waals surface area contributed by atoms with Crippen molar-refractivity contribution in [3.63, 3.8) is 0 Å². The third kappa shape index (κ3) is 2.14. The van der Waals surface area contributed by atoms with Gasteiger partial charge in [0.15, 0.2) is 6.10 Å². The molecule has 0 spiro atoms.